The molecule has 1 amide bonds. The van der Waals surface area contributed by atoms with Gasteiger partial charge in [-0.15, -0.1) is 0 Å². The van der Waals surface area contributed by atoms with Gasteiger partial charge in [0.25, 0.3) is 5.91 Å². The molecule has 1 atom stereocenters. The highest BCUT2D eigenvalue weighted by molar-refractivity contribution is 5.94. The highest BCUT2D eigenvalue weighted by Gasteiger charge is 2.30. The lowest BCUT2D eigenvalue weighted by Crippen LogP contribution is -2.25. The number of halogens is 3. The standard InChI is InChI=1S/C27H28F3NO5/c1-16(2)14-24(36-21-10-6-19(7-11-21)26(34)31-13-12-25(32)33)22-15-23(35-17(22)3)18-4-8-20(9-5-18)27(28,29)30/h4-11,15-16,24H,12-14H2,1-3H3,(H,31,34)(H,32,33). The number of amides is 1. The van der Waals surface area contributed by atoms with E-state index in [1.54, 1.807) is 37.3 Å². The quantitative estimate of drug-likeness (QED) is 0.324. The fourth-order valence-corrected chi connectivity index (χ4v) is 3.68. The maximum atomic E-state index is 12.9. The Morgan fingerprint density at radius 3 is 2.25 bits per heavy atom. The number of carbonyl (C=O) groups is 2. The summed E-state index contributed by atoms with van der Waals surface area (Å²) in [5.41, 5.74) is 0.958. The largest absolute Gasteiger partial charge is 0.486 e. The van der Waals surface area contributed by atoms with Crippen molar-refractivity contribution in [3.05, 3.63) is 77.0 Å². The molecule has 3 aromatic rings. The summed E-state index contributed by atoms with van der Waals surface area (Å²) in [6.07, 6.45) is -4.30. The number of hydrogen-bond donors (Lipinski definition) is 2. The fraction of sp³-hybridized carbons (Fsp3) is 0.333. The lowest BCUT2D eigenvalue weighted by Gasteiger charge is -2.21. The first-order valence-electron chi connectivity index (χ1n) is 11.5. The number of carbonyl (C=O) groups excluding carboxylic acids is 1. The number of carboxylic acid groups (broad SMARTS) is 1. The lowest BCUT2D eigenvalue weighted by molar-refractivity contribution is -0.138. The van der Waals surface area contributed by atoms with E-state index in [4.69, 9.17) is 14.3 Å². The molecule has 0 spiro atoms. The van der Waals surface area contributed by atoms with Crippen molar-refractivity contribution >= 4 is 11.9 Å². The van der Waals surface area contributed by atoms with Crippen LogP contribution in [0.4, 0.5) is 13.2 Å². The number of ether oxygens (including phenoxy) is 1. The predicted molar refractivity (Wildman–Crippen MR) is 128 cm³/mol. The Morgan fingerprint density at radius 1 is 1.06 bits per heavy atom. The molecule has 1 heterocycles. The molecule has 3 rings (SSSR count). The number of alkyl halides is 3. The lowest BCUT2D eigenvalue weighted by atomic mass is 9.99. The summed E-state index contributed by atoms with van der Waals surface area (Å²) in [6, 6.07) is 13.1. The van der Waals surface area contributed by atoms with Gasteiger partial charge in [-0.1, -0.05) is 26.0 Å². The molecule has 0 aliphatic rings. The van der Waals surface area contributed by atoms with Gasteiger partial charge in [0.1, 0.15) is 23.4 Å². The van der Waals surface area contributed by atoms with Crippen LogP contribution in [-0.4, -0.2) is 23.5 Å². The smallest absolute Gasteiger partial charge is 0.416 e. The second-order valence-corrected chi connectivity index (χ2v) is 8.86. The molecule has 0 radical (unpaired) electrons. The van der Waals surface area contributed by atoms with Crippen molar-refractivity contribution < 1.29 is 37.0 Å². The van der Waals surface area contributed by atoms with E-state index in [0.29, 0.717) is 34.8 Å². The summed E-state index contributed by atoms with van der Waals surface area (Å²) in [5, 5.41) is 11.2. The molecule has 1 unspecified atom stereocenters. The van der Waals surface area contributed by atoms with Gasteiger partial charge in [-0.05, 0) is 61.7 Å². The highest BCUT2D eigenvalue weighted by Crippen LogP contribution is 2.36. The first kappa shape index (κ1) is 26.8. The van der Waals surface area contributed by atoms with Crippen molar-refractivity contribution in [3.8, 4) is 17.1 Å². The van der Waals surface area contributed by atoms with Crippen molar-refractivity contribution in [2.45, 2.75) is 45.9 Å². The Kier molecular flexibility index (Phi) is 8.45. The SMILES string of the molecule is Cc1oc(-c2ccc(C(F)(F)F)cc2)cc1C(CC(C)C)Oc1ccc(C(=O)NCCC(=O)O)cc1. The number of benzene rings is 2. The highest BCUT2D eigenvalue weighted by atomic mass is 19.4. The zero-order valence-electron chi connectivity index (χ0n) is 20.2. The summed E-state index contributed by atoms with van der Waals surface area (Å²) < 4.78 is 50.8. The van der Waals surface area contributed by atoms with E-state index in [9.17, 15) is 22.8 Å². The van der Waals surface area contributed by atoms with Crippen molar-refractivity contribution in [2.75, 3.05) is 6.54 Å². The van der Waals surface area contributed by atoms with Crippen LogP contribution in [0.15, 0.2) is 59.0 Å². The second-order valence-electron chi connectivity index (χ2n) is 8.86. The molecule has 2 aromatic carbocycles. The first-order valence-corrected chi connectivity index (χ1v) is 11.5. The summed E-state index contributed by atoms with van der Waals surface area (Å²) >= 11 is 0. The maximum Gasteiger partial charge on any atom is 0.416 e. The van der Waals surface area contributed by atoms with Crippen molar-refractivity contribution in [1.82, 2.24) is 5.32 Å². The molecule has 36 heavy (non-hydrogen) atoms. The summed E-state index contributed by atoms with van der Waals surface area (Å²) in [5.74, 6) is 0.476. The van der Waals surface area contributed by atoms with Crippen LogP contribution in [0.1, 0.15) is 60.0 Å². The molecule has 192 valence electrons. The first-order chi connectivity index (χ1) is 16.9. The minimum absolute atomic E-state index is 0.0317. The molecule has 2 N–H and O–H groups in total. The number of carboxylic acids is 1. The van der Waals surface area contributed by atoms with Crippen LogP contribution in [0.25, 0.3) is 11.3 Å². The zero-order valence-corrected chi connectivity index (χ0v) is 20.2. The molecule has 9 heteroatoms. The number of aliphatic carboxylic acids is 1. The average molecular weight is 504 g/mol. The summed E-state index contributed by atoms with van der Waals surface area (Å²) in [7, 11) is 0. The van der Waals surface area contributed by atoms with Crippen LogP contribution >= 0.6 is 0 Å². The predicted octanol–water partition coefficient (Wildman–Crippen LogP) is 6.64. The van der Waals surface area contributed by atoms with E-state index in [1.165, 1.54) is 12.1 Å². The van der Waals surface area contributed by atoms with Gasteiger partial charge in [-0.3, -0.25) is 9.59 Å². The molecular weight excluding hydrogens is 475 g/mol. The van der Waals surface area contributed by atoms with Gasteiger partial charge >= 0.3 is 12.1 Å². The van der Waals surface area contributed by atoms with Gasteiger partial charge < -0.3 is 19.6 Å². The fourth-order valence-electron chi connectivity index (χ4n) is 3.68. The molecule has 0 fully saturated rings. The number of rotatable bonds is 10. The average Bonchev–Trinajstić information content (AvgIpc) is 3.19. The van der Waals surface area contributed by atoms with Gasteiger partial charge in [0.15, 0.2) is 0 Å². The molecular formula is C27H28F3NO5. The molecule has 0 aliphatic heterocycles. The van der Waals surface area contributed by atoms with E-state index >= 15 is 0 Å². The second kappa shape index (κ2) is 11.3. The normalized spacial score (nSPS) is 12.4. The number of hydrogen-bond acceptors (Lipinski definition) is 4. The van der Waals surface area contributed by atoms with Crippen LogP contribution < -0.4 is 10.1 Å². The van der Waals surface area contributed by atoms with E-state index < -0.39 is 17.7 Å². The van der Waals surface area contributed by atoms with Gasteiger partial charge in [-0.2, -0.15) is 13.2 Å². The molecule has 6 nitrogen and oxygen atoms in total. The zero-order chi connectivity index (χ0) is 26.5. The third kappa shape index (κ3) is 7.13. The van der Waals surface area contributed by atoms with Crippen LogP contribution in [0.5, 0.6) is 5.75 Å². The topological polar surface area (TPSA) is 88.8 Å². The molecule has 1 aromatic heterocycles. The number of aryl methyl sites for hydroxylation is 1. The third-order valence-corrected chi connectivity index (χ3v) is 5.50. The van der Waals surface area contributed by atoms with Crippen molar-refractivity contribution in [1.29, 1.82) is 0 Å². The molecule has 0 saturated heterocycles. The van der Waals surface area contributed by atoms with Gasteiger partial charge in [0, 0.05) is 23.2 Å². The van der Waals surface area contributed by atoms with Crippen LogP contribution in [-0.2, 0) is 11.0 Å². The number of furan rings is 1. The minimum atomic E-state index is -4.41. The van der Waals surface area contributed by atoms with E-state index in [1.807, 2.05) is 13.8 Å². The van der Waals surface area contributed by atoms with Gasteiger partial charge in [0.05, 0.1) is 12.0 Å². The van der Waals surface area contributed by atoms with Crippen LogP contribution in [0.3, 0.4) is 0 Å². The maximum absolute atomic E-state index is 12.9. The molecule has 0 aliphatic carbocycles. The Morgan fingerprint density at radius 2 is 1.69 bits per heavy atom. The Hall–Kier alpha value is -3.75. The van der Waals surface area contributed by atoms with Crippen molar-refractivity contribution in [2.24, 2.45) is 5.92 Å². The Balaban J connectivity index is 1.77. The van der Waals surface area contributed by atoms with Gasteiger partial charge in [0.2, 0.25) is 0 Å². The molecule has 0 saturated carbocycles. The van der Waals surface area contributed by atoms with Crippen molar-refractivity contribution in [3.63, 3.8) is 0 Å². The van der Waals surface area contributed by atoms with Gasteiger partial charge in [-0.25, -0.2) is 0 Å². The Labute approximate surface area is 207 Å². The Bertz CT molecular complexity index is 1180. The molecule has 0 bridgehead atoms. The van der Waals surface area contributed by atoms with E-state index in [-0.39, 0.29) is 30.9 Å². The van der Waals surface area contributed by atoms with E-state index in [2.05, 4.69) is 5.32 Å². The van der Waals surface area contributed by atoms with E-state index in [0.717, 1.165) is 17.7 Å². The van der Waals surface area contributed by atoms with Crippen LogP contribution in [0.2, 0.25) is 0 Å². The van der Waals surface area contributed by atoms with Crippen LogP contribution in [0, 0.1) is 12.8 Å². The monoisotopic (exact) mass is 503 g/mol. The minimum Gasteiger partial charge on any atom is -0.486 e. The number of nitrogens with one attached hydrogen (secondary N) is 1. The summed E-state index contributed by atoms with van der Waals surface area (Å²) in [6.45, 7) is 5.91. The summed E-state index contributed by atoms with van der Waals surface area (Å²) in [4.78, 5) is 22.8. The third-order valence-electron chi connectivity index (χ3n) is 5.50.